The van der Waals surface area contributed by atoms with E-state index in [-0.39, 0.29) is 6.61 Å². The van der Waals surface area contributed by atoms with Gasteiger partial charge in [0.2, 0.25) is 5.88 Å². The second kappa shape index (κ2) is 7.78. The van der Waals surface area contributed by atoms with Crippen molar-refractivity contribution in [2.75, 3.05) is 26.3 Å². The van der Waals surface area contributed by atoms with E-state index >= 15 is 0 Å². The minimum Gasteiger partial charge on any atom is -0.477 e. The molecule has 2 N–H and O–H groups in total. The summed E-state index contributed by atoms with van der Waals surface area (Å²) in [5.41, 5.74) is 0.688. The summed E-state index contributed by atoms with van der Waals surface area (Å²) >= 11 is 0. The number of nitrogens with zero attached hydrogens (tertiary/aromatic N) is 1. The van der Waals surface area contributed by atoms with Gasteiger partial charge in [0.25, 0.3) is 0 Å². The number of aliphatic hydroxyl groups excluding tert-OH is 1. The second-order valence-electron chi connectivity index (χ2n) is 4.66. The Hall–Kier alpha value is -1.57. The van der Waals surface area contributed by atoms with Crippen molar-refractivity contribution in [3.05, 3.63) is 23.9 Å². The van der Waals surface area contributed by atoms with Crippen molar-refractivity contribution < 1.29 is 9.84 Å². The van der Waals surface area contributed by atoms with Gasteiger partial charge in [-0.3, -0.25) is 0 Å². The average molecular weight is 260 g/mol. The molecule has 2 heterocycles. The van der Waals surface area contributed by atoms with E-state index in [0.29, 0.717) is 30.5 Å². The van der Waals surface area contributed by atoms with Gasteiger partial charge in [-0.15, -0.1) is 0 Å². The summed E-state index contributed by atoms with van der Waals surface area (Å²) in [6.45, 7) is 2.92. The van der Waals surface area contributed by atoms with Crippen LogP contribution in [0.15, 0.2) is 18.2 Å². The Morgan fingerprint density at radius 3 is 3.21 bits per heavy atom. The summed E-state index contributed by atoms with van der Waals surface area (Å²) in [7, 11) is 0. The van der Waals surface area contributed by atoms with Crippen molar-refractivity contribution in [1.29, 1.82) is 0 Å². The number of hydrogen-bond acceptors (Lipinski definition) is 4. The van der Waals surface area contributed by atoms with Gasteiger partial charge in [0, 0.05) is 24.9 Å². The molecule has 1 aromatic heterocycles. The first-order valence-electron chi connectivity index (χ1n) is 6.79. The first-order valence-corrected chi connectivity index (χ1v) is 6.79. The van der Waals surface area contributed by atoms with Crippen molar-refractivity contribution in [2.24, 2.45) is 5.92 Å². The molecule has 2 rings (SSSR count). The van der Waals surface area contributed by atoms with Crippen molar-refractivity contribution in [2.45, 2.75) is 19.3 Å². The van der Waals surface area contributed by atoms with Gasteiger partial charge in [0.15, 0.2) is 0 Å². The van der Waals surface area contributed by atoms with Gasteiger partial charge in [-0.05, 0) is 31.4 Å². The fourth-order valence-corrected chi connectivity index (χ4v) is 2.04. The number of aliphatic hydroxyl groups is 1. The number of ether oxygens (including phenoxy) is 1. The van der Waals surface area contributed by atoms with Crippen LogP contribution < -0.4 is 10.1 Å². The molecule has 1 fully saturated rings. The molecule has 4 nitrogen and oxygen atoms in total. The van der Waals surface area contributed by atoms with E-state index in [9.17, 15) is 0 Å². The number of rotatable bonds is 4. The molecule has 0 spiro atoms. The van der Waals surface area contributed by atoms with Crippen LogP contribution in [0.25, 0.3) is 0 Å². The molecule has 4 heteroatoms. The van der Waals surface area contributed by atoms with Gasteiger partial charge in [-0.2, -0.15) is 0 Å². The fraction of sp³-hybridized carbons (Fsp3) is 0.533. The van der Waals surface area contributed by atoms with Gasteiger partial charge < -0.3 is 15.2 Å². The highest BCUT2D eigenvalue weighted by atomic mass is 16.5. The second-order valence-corrected chi connectivity index (χ2v) is 4.66. The molecule has 0 radical (unpaired) electrons. The predicted octanol–water partition coefficient (Wildman–Crippen LogP) is 1.19. The lowest BCUT2D eigenvalue weighted by Gasteiger charge is -2.22. The third-order valence-electron chi connectivity index (χ3n) is 3.04. The maximum Gasteiger partial charge on any atom is 0.214 e. The van der Waals surface area contributed by atoms with Crippen LogP contribution in [-0.4, -0.2) is 36.4 Å². The van der Waals surface area contributed by atoms with Gasteiger partial charge in [0.05, 0.1) is 13.2 Å². The van der Waals surface area contributed by atoms with Crippen molar-refractivity contribution in [1.82, 2.24) is 10.3 Å². The third-order valence-corrected chi connectivity index (χ3v) is 3.04. The van der Waals surface area contributed by atoms with Crippen LogP contribution >= 0.6 is 0 Å². The minimum atomic E-state index is 0.0812. The molecule has 1 unspecified atom stereocenters. The first-order chi connectivity index (χ1) is 9.38. The molecule has 0 aromatic carbocycles. The SMILES string of the molecule is OCCC#Cc1cccc(OCC2CCCNC2)n1. The topological polar surface area (TPSA) is 54.4 Å². The molecule has 0 bridgehead atoms. The molecule has 1 aliphatic heterocycles. The highest BCUT2D eigenvalue weighted by Gasteiger charge is 2.13. The Balaban J connectivity index is 1.86. The zero-order chi connectivity index (χ0) is 13.3. The molecule has 1 aliphatic rings. The van der Waals surface area contributed by atoms with Crippen LogP contribution in [0.5, 0.6) is 5.88 Å². The molecule has 19 heavy (non-hydrogen) atoms. The van der Waals surface area contributed by atoms with Gasteiger partial charge in [-0.25, -0.2) is 4.98 Å². The lowest BCUT2D eigenvalue weighted by Crippen LogP contribution is -2.33. The molecule has 1 aromatic rings. The van der Waals surface area contributed by atoms with Gasteiger partial charge in [-0.1, -0.05) is 12.0 Å². The van der Waals surface area contributed by atoms with Crippen LogP contribution in [0.1, 0.15) is 25.0 Å². The Labute approximate surface area is 114 Å². The van der Waals surface area contributed by atoms with E-state index in [4.69, 9.17) is 9.84 Å². The zero-order valence-electron chi connectivity index (χ0n) is 11.1. The zero-order valence-corrected chi connectivity index (χ0v) is 11.1. The largest absolute Gasteiger partial charge is 0.477 e. The number of hydrogen-bond donors (Lipinski definition) is 2. The van der Waals surface area contributed by atoms with E-state index in [1.807, 2.05) is 18.2 Å². The van der Waals surface area contributed by atoms with Crippen LogP contribution in [0.3, 0.4) is 0 Å². The Morgan fingerprint density at radius 1 is 1.47 bits per heavy atom. The molecule has 0 saturated carbocycles. The average Bonchev–Trinajstić information content (AvgIpc) is 2.47. The van der Waals surface area contributed by atoms with Gasteiger partial charge >= 0.3 is 0 Å². The molecule has 102 valence electrons. The van der Waals surface area contributed by atoms with E-state index in [0.717, 1.165) is 13.1 Å². The molecule has 1 atom stereocenters. The van der Waals surface area contributed by atoms with E-state index in [1.165, 1.54) is 12.8 Å². The molecular formula is C15H20N2O2. The van der Waals surface area contributed by atoms with Gasteiger partial charge in [0.1, 0.15) is 5.69 Å². The fourth-order valence-electron chi connectivity index (χ4n) is 2.04. The molecule has 0 aliphatic carbocycles. The van der Waals surface area contributed by atoms with E-state index in [2.05, 4.69) is 22.1 Å². The molecule has 1 saturated heterocycles. The van der Waals surface area contributed by atoms with Crippen molar-refractivity contribution in [3.63, 3.8) is 0 Å². The van der Waals surface area contributed by atoms with Crippen LogP contribution in [-0.2, 0) is 0 Å². The number of piperidine rings is 1. The number of aromatic nitrogens is 1. The Bertz CT molecular complexity index is 445. The van der Waals surface area contributed by atoms with E-state index < -0.39 is 0 Å². The summed E-state index contributed by atoms with van der Waals surface area (Å²) < 4.78 is 5.72. The number of pyridine rings is 1. The summed E-state index contributed by atoms with van der Waals surface area (Å²) in [6.07, 6.45) is 2.90. The summed E-state index contributed by atoms with van der Waals surface area (Å²) in [6, 6.07) is 5.59. The summed E-state index contributed by atoms with van der Waals surface area (Å²) in [4.78, 5) is 4.33. The Kier molecular flexibility index (Phi) is 5.67. The van der Waals surface area contributed by atoms with Crippen molar-refractivity contribution >= 4 is 0 Å². The lowest BCUT2D eigenvalue weighted by atomic mass is 10.0. The van der Waals surface area contributed by atoms with Crippen LogP contribution in [0.4, 0.5) is 0 Å². The monoisotopic (exact) mass is 260 g/mol. The smallest absolute Gasteiger partial charge is 0.214 e. The van der Waals surface area contributed by atoms with E-state index in [1.54, 1.807) is 0 Å². The maximum absolute atomic E-state index is 8.67. The maximum atomic E-state index is 8.67. The first kappa shape index (κ1) is 13.9. The summed E-state index contributed by atoms with van der Waals surface area (Å²) in [5, 5.41) is 12.0. The Morgan fingerprint density at radius 2 is 2.42 bits per heavy atom. The summed E-state index contributed by atoms with van der Waals surface area (Å²) in [5.74, 6) is 6.96. The minimum absolute atomic E-state index is 0.0812. The van der Waals surface area contributed by atoms with Crippen LogP contribution in [0.2, 0.25) is 0 Å². The highest BCUT2D eigenvalue weighted by Crippen LogP contribution is 2.13. The quantitative estimate of drug-likeness (QED) is 0.799. The third kappa shape index (κ3) is 4.90. The lowest BCUT2D eigenvalue weighted by molar-refractivity contribution is 0.212. The molecule has 0 amide bonds. The highest BCUT2D eigenvalue weighted by molar-refractivity contribution is 5.30. The predicted molar refractivity (Wildman–Crippen MR) is 73.9 cm³/mol. The van der Waals surface area contributed by atoms with Crippen LogP contribution in [0, 0.1) is 17.8 Å². The standard InChI is InChI=1S/C15H20N2O2/c18-10-2-1-6-14-7-3-8-15(17-14)19-12-13-5-4-9-16-11-13/h3,7-8,13,16,18H,2,4-5,9-12H2. The van der Waals surface area contributed by atoms with Crippen molar-refractivity contribution in [3.8, 4) is 17.7 Å². The molecular weight excluding hydrogens is 240 g/mol. The number of nitrogens with one attached hydrogen (secondary N) is 1. The normalized spacial score (nSPS) is 18.5.